The maximum atomic E-state index is 4.64. The zero-order valence-electron chi connectivity index (χ0n) is 12.8. The van der Waals surface area contributed by atoms with E-state index < -0.39 is 0 Å². The van der Waals surface area contributed by atoms with Crippen LogP contribution in [0.25, 0.3) is 5.65 Å². The Labute approximate surface area is 126 Å². The third-order valence-electron chi connectivity index (χ3n) is 4.30. The van der Waals surface area contributed by atoms with Crippen molar-refractivity contribution in [1.29, 1.82) is 0 Å². The monoisotopic (exact) mass is 287 g/mol. The molecule has 114 valence electrons. The second-order valence-corrected chi connectivity index (χ2v) is 5.88. The number of aromatic nitrogens is 3. The topological polar surface area (TPSA) is 54.2 Å². The summed E-state index contributed by atoms with van der Waals surface area (Å²) < 4.78 is 2.02. The highest BCUT2D eigenvalue weighted by Gasteiger charge is 2.13. The van der Waals surface area contributed by atoms with E-state index in [2.05, 4.69) is 27.5 Å². The Morgan fingerprint density at radius 1 is 1.24 bits per heavy atom. The van der Waals surface area contributed by atoms with Crippen LogP contribution in [-0.2, 0) is 0 Å². The van der Waals surface area contributed by atoms with E-state index in [9.17, 15) is 0 Å². The minimum atomic E-state index is 0.870. The number of hydrogen-bond acceptors (Lipinski definition) is 4. The Morgan fingerprint density at radius 3 is 2.90 bits per heavy atom. The number of hydrogen-bond donors (Lipinski definition) is 2. The van der Waals surface area contributed by atoms with E-state index in [1.807, 2.05) is 23.0 Å². The van der Waals surface area contributed by atoms with Crippen molar-refractivity contribution in [3.05, 3.63) is 18.6 Å². The number of nitrogens with zero attached hydrogens (tertiary/aromatic N) is 3. The van der Waals surface area contributed by atoms with Gasteiger partial charge in [-0.15, -0.1) is 0 Å². The van der Waals surface area contributed by atoms with Gasteiger partial charge in [0.25, 0.3) is 0 Å². The number of nitrogens with one attached hydrogen (secondary N) is 2. The minimum absolute atomic E-state index is 0.870. The van der Waals surface area contributed by atoms with Gasteiger partial charge in [-0.25, -0.2) is 9.97 Å². The highest BCUT2D eigenvalue weighted by Crippen LogP contribution is 2.26. The van der Waals surface area contributed by atoms with Crippen molar-refractivity contribution in [1.82, 2.24) is 14.4 Å². The number of imidazole rings is 1. The molecule has 0 aliphatic heterocycles. The number of anilines is 2. The minimum Gasteiger partial charge on any atom is -0.369 e. The quantitative estimate of drug-likeness (QED) is 0.853. The van der Waals surface area contributed by atoms with Crippen LogP contribution in [0, 0.1) is 5.92 Å². The first kappa shape index (κ1) is 14.2. The molecule has 3 rings (SSSR count). The molecule has 2 heterocycles. The molecular formula is C16H25N5. The van der Waals surface area contributed by atoms with Gasteiger partial charge in [-0.05, 0) is 19.3 Å². The fourth-order valence-corrected chi connectivity index (χ4v) is 3.19. The average molecular weight is 287 g/mol. The Balaban J connectivity index is 1.65. The van der Waals surface area contributed by atoms with Gasteiger partial charge in [-0.2, -0.15) is 0 Å². The van der Waals surface area contributed by atoms with Crippen molar-refractivity contribution >= 4 is 17.3 Å². The van der Waals surface area contributed by atoms with Crippen LogP contribution in [0.2, 0.25) is 0 Å². The van der Waals surface area contributed by atoms with Crippen molar-refractivity contribution in [2.24, 2.45) is 5.92 Å². The highest BCUT2D eigenvalue weighted by atomic mass is 15.1. The van der Waals surface area contributed by atoms with Gasteiger partial charge in [0.1, 0.15) is 5.82 Å². The van der Waals surface area contributed by atoms with Crippen LogP contribution in [0.5, 0.6) is 0 Å². The van der Waals surface area contributed by atoms with Gasteiger partial charge in [-0.3, -0.25) is 0 Å². The third kappa shape index (κ3) is 3.46. The van der Waals surface area contributed by atoms with Gasteiger partial charge in [0, 0.05) is 25.5 Å². The zero-order chi connectivity index (χ0) is 14.5. The molecule has 1 fully saturated rings. The summed E-state index contributed by atoms with van der Waals surface area (Å²) in [6.07, 6.45) is 14.0. The van der Waals surface area contributed by atoms with Crippen LogP contribution in [-0.4, -0.2) is 27.5 Å². The van der Waals surface area contributed by atoms with E-state index in [4.69, 9.17) is 0 Å². The predicted molar refractivity (Wildman–Crippen MR) is 86.8 cm³/mol. The van der Waals surface area contributed by atoms with Crippen LogP contribution in [0.15, 0.2) is 18.6 Å². The zero-order valence-corrected chi connectivity index (χ0v) is 12.8. The molecule has 0 unspecified atom stereocenters. The van der Waals surface area contributed by atoms with Crippen LogP contribution in [0.1, 0.15) is 45.4 Å². The fraction of sp³-hybridized carbons (Fsp3) is 0.625. The molecule has 0 saturated heterocycles. The largest absolute Gasteiger partial charge is 0.369 e. The summed E-state index contributed by atoms with van der Waals surface area (Å²) in [6, 6.07) is 0. The third-order valence-corrected chi connectivity index (χ3v) is 4.30. The first-order chi connectivity index (χ1) is 10.4. The second-order valence-electron chi connectivity index (χ2n) is 5.88. The first-order valence-electron chi connectivity index (χ1n) is 8.18. The highest BCUT2D eigenvalue weighted by molar-refractivity contribution is 5.65. The van der Waals surface area contributed by atoms with Crippen molar-refractivity contribution in [3.63, 3.8) is 0 Å². The number of fused-ring (bicyclic) bond motifs is 1. The fourth-order valence-electron chi connectivity index (χ4n) is 3.19. The van der Waals surface area contributed by atoms with E-state index >= 15 is 0 Å². The Bertz CT molecular complexity index is 571. The van der Waals surface area contributed by atoms with Gasteiger partial charge >= 0.3 is 0 Å². The molecule has 21 heavy (non-hydrogen) atoms. The molecule has 1 aliphatic carbocycles. The lowest BCUT2D eigenvalue weighted by Crippen LogP contribution is -2.14. The summed E-state index contributed by atoms with van der Waals surface area (Å²) in [5.41, 5.74) is 0.903. The molecule has 2 N–H and O–H groups in total. The van der Waals surface area contributed by atoms with Gasteiger partial charge in [-0.1, -0.05) is 32.1 Å². The normalized spacial score (nSPS) is 16.2. The Morgan fingerprint density at radius 2 is 2.10 bits per heavy atom. The Kier molecular flexibility index (Phi) is 4.58. The van der Waals surface area contributed by atoms with E-state index in [-0.39, 0.29) is 0 Å². The van der Waals surface area contributed by atoms with Crippen LogP contribution >= 0.6 is 0 Å². The summed E-state index contributed by atoms with van der Waals surface area (Å²) >= 11 is 0. The average Bonchev–Trinajstić information content (AvgIpc) is 2.97. The molecular weight excluding hydrogens is 262 g/mol. The molecule has 0 bridgehead atoms. The van der Waals surface area contributed by atoms with Crippen LogP contribution in [0.3, 0.4) is 0 Å². The van der Waals surface area contributed by atoms with Gasteiger partial charge in [0.2, 0.25) is 0 Å². The molecule has 0 aromatic carbocycles. The summed E-state index contributed by atoms with van der Waals surface area (Å²) in [4.78, 5) is 9.04. The first-order valence-corrected chi connectivity index (χ1v) is 8.18. The van der Waals surface area contributed by atoms with Crippen molar-refractivity contribution in [2.75, 3.05) is 23.7 Å². The molecule has 2 aromatic heterocycles. The molecule has 0 radical (unpaired) electrons. The lowest BCUT2D eigenvalue weighted by molar-refractivity contribution is 0.345. The summed E-state index contributed by atoms with van der Waals surface area (Å²) in [5, 5.41) is 6.76. The maximum absolute atomic E-state index is 4.64. The molecule has 5 nitrogen and oxygen atoms in total. The molecule has 2 aromatic rings. The molecule has 1 aliphatic rings. The van der Waals surface area contributed by atoms with E-state index in [0.29, 0.717) is 0 Å². The standard InChI is InChI=1S/C16H25N5/c1-2-17-14-12-21-11-10-19-16(21)15(20-14)18-9-8-13-6-4-3-5-7-13/h10-13,17H,2-9H2,1H3,(H,18,20). The Hall–Kier alpha value is -1.78. The van der Waals surface area contributed by atoms with Crippen LogP contribution in [0.4, 0.5) is 11.6 Å². The second kappa shape index (κ2) is 6.78. The molecule has 0 spiro atoms. The van der Waals surface area contributed by atoms with Crippen LogP contribution < -0.4 is 10.6 Å². The maximum Gasteiger partial charge on any atom is 0.180 e. The SMILES string of the molecule is CCNc1cn2ccnc2c(NCCC2CCCCC2)n1. The van der Waals surface area contributed by atoms with Gasteiger partial charge < -0.3 is 15.0 Å². The van der Waals surface area contributed by atoms with Crippen molar-refractivity contribution in [2.45, 2.75) is 45.4 Å². The van der Waals surface area contributed by atoms with Crippen molar-refractivity contribution < 1.29 is 0 Å². The summed E-state index contributed by atoms with van der Waals surface area (Å²) in [6.45, 7) is 3.93. The van der Waals surface area contributed by atoms with Gasteiger partial charge in [0.15, 0.2) is 11.5 Å². The summed E-state index contributed by atoms with van der Waals surface area (Å²) in [5.74, 6) is 2.66. The molecule has 1 saturated carbocycles. The molecule has 0 atom stereocenters. The van der Waals surface area contributed by atoms with E-state index in [1.54, 1.807) is 0 Å². The molecule has 0 amide bonds. The van der Waals surface area contributed by atoms with E-state index in [1.165, 1.54) is 38.5 Å². The number of rotatable bonds is 6. The molecule has 5 heteroatoms. The van der Waals surface area contributed by atoms with Gasteiger partial charge in [0.05, 0.1) is 6.20 Å². The summed E-state index contributed by atoms with van der Waals surface area (Å²) in [7, 11) is 0. The lowest BCUT2D eigenvalue weighted by atomic mass is 9.87. The van der Waals surface area contributed by atoms with Crippen molar-refractivity contribution in [3.8, 4) is 0 Å². The smallest absolute Gasteiger partial charge is 0.180 e. The lowest BCUT2D eigenvalue weighted by Gasteiger charge is -2.21. The predicted octanol–water partition coefficient (Wildman–Crippen LogP) is 3.54. The van der Waals surface area contributed by atoms with E-state index in [0.717, 1.165) is 36.3 Å².